The third kappa shape index (κ3) is 4.64. The Morgan fingerprint density at radius 3 is 2.41 bits per heavy atom. The van der Waals surface area contributed by atoms with E-state index in [0.29, 0.717) is 22.8 Å². The summed E-state index contributed by atoms with van der Waals surface area (Å²) in [5.74, 6) is 0.346. The Balaban J connectivity index is 1.75. The zero-order valence-corrected chi connectivity index (χ0v) is 15.5. The number of hydrogen-bond acceptors (Lipinski definition) is 6. The topological polar surface area (TPSA) is 114 Å². The lowest BCUT2D eigenvalue weighted by molar-refractivity contribution is 0.102. The van der Waals surface area contributed by atoms with Gasteiger partial charge in [0.1, 0.15) is 11.6 Å². The normalized spacial score (nSPS) is 11.0. The third-order valence-electron chi connectivity index (χ3n) is 3.55. The molecule has 27 heavy (non-hydrogen) atoms. The summed E-state index contributed by atoms with van der Waals surface area (Å²) >= 11 is 0. The zero-order chi connectivity index (χ0) is 19.4. The van der Waals surface area contributed by atoms with E-state index in [1.54, 1.807) is 38.2 Å². The highest BCUT2D eigenvalue weighted by Crippen LogP contribution is 2.18. The Bertz CT molecular complexity index is 1050. The molecule has 0 bridgehead atoms. The van der Waals surface area contributed by atoms with E-state index in [9.17, 15) is 13.2 Å². The van der Waals surface area contributed by atoms with Gasteiger partial charge < -0.3 is 5.32 Å². The lowest BCUT2D eigenvalue weighted by Gasteiger charge is -2.10. The van der Waals surface area contributed by atoms with E-state index in [4.69, 9.17) is 0 Å². The lowest BCUT2D eigenvalue weighted by atomic mass is 10.2. The lowest BCUT2D eigenvalue weighted by Crippen LogP contribution is -2.15. The molecule has 0 saturated carbocycles. The standard InChI is InChI=1S/C18H17N5O3S/c1-12-10-17(21-13(2)20-12)23-27(25,26)16-7-5-15(6-8-16)22-18(24)14-4-3-9-19-11-14/h3-11H,1-2H3,(H,22,24)(H,20,21,23). The fourth-order valence-electron chi connectivity index (χ4n) is 2.38. The Kier molecular flexibility index (Phi) is 5.13. The Labute approximate surface area is 156 Å². The Hall–Kier alpha value is -3.33. The molecule has 9 heteroatoms. The fourth-order valence-corrected chi connectivity index (χ4v) is 3.38. The molecule has 2 N–H and O–H groups in total. The number of sulfonamides is 1. The molecule has 3 rings (SSSR count). The summed E-state index contributed by atoms with van der Waals surface area (Å²) in [6.07, 6.45) is 3.02. The molecule has 8 nitrogen and oxygen atoms in total. The van der Waals surface area contributed by atoms with Crippen LogP contribution in [0.2, 0.25) is 0 Å². The SMILES string of the molecule is Cc1cc(NS(=O)(=O)c2ccc(NC(=O)c3cccnc3)cc2)nc(C)n1. The van der Waals surface area contributed by atoms with E-state index >= 15 is 0 Å². The summed E-state index contributed by atoms with van der Waals surface area (Å²) in [5.41, 5.74) is 1.54. The van der Waals surface area contributed by atoms with Crippen LogP contribution in [-0.4, -0.2) is 29.3 Å². The first-order chi connectivity index (χ1) is 12.8. The van der Waals surface area contributed by atoms with Gasteiger partial charge in [0.05, 0.1) is 10.5 Å². The number of nitrogens with zero attached hydrogens (tertiary/aromatic N) is 3. The van der Waals surface area contributed by atoms with Crippen LogP contribution in [0, 0.1) is 13.8 Å². The number of rotatable bonds is 5. The average molecular weight is 383 g/mol. The largest absolute Gasteiger partial charge is 0.322 e. The maximum absolute atomic E-state index is 12.5. The van der Waals surface area contributed by atoms with Gasteiger partial charge in [0.15, 0.2) is 0 Å². The summed E-state index contributed by atoms with van der Waals surface area (Å²) in [5, 5.41) is 2.69. The minimum absolute atomic E-state index is 0.0517. The number of amides is 1. The van der Waals surface area contributed by atoms with Crippen molar-refractivity contribution in [3.63, 3.8) is 0 Å². The quantitative estimate of drug-likeness (QED) is 0.700. The van der Waals surface area contributed by atoms with Gasteiger partial charge in [-0.2, -0.15) is 0 Å². The molecule has 1 amide bonds. The molecule has 0 fully saturated rings. The smallest absolute Gasteiger partial charge is 0.263 e. The van der Waals surface area contributed by atoms with Crippen LogP contribution >= 0.6 is 0 Å². The van der Waals surface area contributed by atoms with Crippen molar-refractivity contribution in [2.75, 3.05) is 10.0 Å². The van der Waals surface area contributed by atoms with Crippen molar-refractivity contribution >= 4 is 27.4 Å². The summed E-state index contributed by atoms with van der Waals surface area (Å²) < 4.78 is 27.5. The van der Waals surface area contributed by atoms with E-state index in [1.807, 2.05) is 0 Å². The molecular weight excluding hydrogens is 366 g/mol. The monoisotopic (exact) mass is 383 g/mol. The van der Waals surface area contributed by atoms with Crippen molar-refractivity contribution in [3.8, 4) is 0 Å². The van der Waals surface area contributed by atoms with Gasteiger partial charge in [-0.3, -0.25) is 14.5 Å². The first-order valence-electron chi connectivity index (χ1n) is 8.00. The number of carbonyl (C=O) groups excluding carboxylic acids is 1. The fraction of sp³-hybridized carbons (Fsp3) is 0.111. The van der Waals surface area contributed by atoms with Crippen LogP contribution in [0.4, 0.5) is 11.5 Å². The van der Waals surface area contributed by atoms with Gasteiger partial charge in [-0.15, -0.1) is 0 Å². The maximum atomic E-state index is 12.5. The Morgan fingerprint density at radius 1 is 1.04 bits per heavy atom. The molecule has 3 aromatic rings. The molecule has 0 spiro atoms. The first-order valence-corrected chi connectivity index (χ1v) is 9.48. The second-order valence-electron chi connectivity index (χ2n) is 5.77. The molecule has 0 saturated heterocycles. The number of aryl methyl sites for hydroxylation is 2. The van der Waals surface area contributed by atoms with Gasteiger partial charge >= 0.3 is 0 Å². The maximum Gasteiger partial charge on any atom is 0.263 e. The minimum atomic E-state index is -3.81. The van der Waals surface area contributed by atoms with E-state index < -0.39 is 10.0 Å². The van der Waals surface area contributed by atoms with Crippen molar-refractivity contribution in [1.82, 2.24) is 15.0 Å². The van der Waals surface area contributed by atoms with Gasteiger partial charge in [0, 0.05) is 29.8 Å². The number of pyridine rings is 1. The highest BCUT2D eigenvalue weighted by atomic mass is 32.2. The predicted molar refractivity (Wildman–Crippen MR) is 101 cm³/mol. The van der Waals surface area contributed by atoms with Gasteiger partial charge in [0.2, 0.25) is 0 Å². The molecule has 2 aromatic heterocycles. The molecule has 0 aliphatic heterocycles. The van der Waals surface area contributed by atoms with Crippen LogP contribution in [0.1, 0.15) is 21.9 Å². The van der Waals surface area contributed by atoms with Crippen molar-refractivity contribution in [2.24, 2.45) is 0 Å². The van der Waals surface area contributed by atoms with Gasteiger partial charge in [-0.25, -0.2) is 18.4 Å². The molecule has 0 unspecified atom stereocenters. The van der Waals surface area contributed by atoms with Crippen molar-refractivity contribution < 1.29 is 13.2 Å². The second-order valence-corrected chi connectivity index (χ2v) is 7.45. The van der Waals surface area contributed by atoms with Gasteiger partial charge in [-0.05, 0) is 50.2 Å². The number of anilines is 2. The summed E-state index contributed by atoms with van der Waals surface area (Å²) in [4.78, 5) is 24.2. The van der Waals surface area contributed by atoms with Crippen molar-refractivity contribution in [1.29, 1.82) is 0 Å². The van der Waals surface area contributed by atoms with Crippen LogP contribution in [0.5, 0.6) is 0 Å². The zero-order valence-electron chi connectivity index (χ0n) is 14.7. The molecule has 2 heterocycles. The van der Waals surface area contributed by atoms with Crippen molar-refractivity contribution in [2.45, 2.75) is 18.7 Å². The van der Waals surface area contributed by atoms with Gasteiger partial charge in [0.25, 0.3) is 15.9 Å². The van der Waals surface area contributed by atoms with E-state index in [2.05, 4.69) is 25.0 Å². The van der Waals surface area contributed by atoms with Gasteiger partial charge in [-0.1, -0.05) is 0 Å². The number of benzene rings is 1. The Morgan fingerprint density at radius 2 is 1.78 bits per heavy atom. The summed E-state index contributed by atoms with van der Waals surface area (Å²) in [7, 11) is -3.81. The summed E-state index contributed by atoms with van der Waals surface area (Å²) in [6, 6.07) is 10.7. The van der Waals surface area contributed by atoms with E-state index in [-0.39, 0.29) is 16.6 Å². The highest BCUT2D eigenvalue weighted by molar-refractivity contribution is 7.92. The molecule has 138 valence electrons. The van der Waals surface area contributed by atoms with Crippen molar-refractivity contribution in [3.05, 3.63) is 71.9 Å². The van der Waals surface area contributed by atoms with Crippen LogP contribution in [0.15, 0.2) is 59.8 Å². The number of carbonyl (C=O) groups is 1. The van der Waals surface area contributed by atoms with Crippen LogP contribution in [0.25, 0.3) is 0 Å². The third-order valence-corrected chi connectivity index (χ3v) is 4.92. The minimum Gasteiger partial charge on any atom is -0.322 e. The number of hydrogen-bond donors (Lipinski definition) is 2. The molecule has 0 aliphatic carbocycles. The average Bonchev–Trinajstić information content (AvgIpc) is 2.61. The number of aromatic nitrogens is 3. The number of nitrogens with one attached hydrogen (secondary N) is 2. The molecular formula is C18H17N5O3S. The second kappa shape index (κ2) is 7.50. The van der Waals surface area contributed by atoms with E-state index in [0.717, 1.165) is 0 Å². The molecule has 0 radical (unpaired) electrons. The van der Waals surface area contributed by atoms with Crippen LogP contribution in [0.3, 0.4) is 0 Å². The highest BCUT2D eigenvalue weighted by Gasteiger charge is 2.16. The predicted octanol–water partition coefficient (Wildman–Crippen LogP) is 2.54. The molecule has 0 atom stereocenters. The van der Waals surface area contributed by atoms with Crippen LogP contribution < -0.4 is 10.0 Å². The van der Waals surface area contributed by atoms with E-state index in [1.165, 1.54) is 30.5 Å². The van der Waals surface area contributed by atoms with Crippen LogP contribution in [-0.2, 0) is 10.0 Å². The first kappa shape index (κ1) is 18.5. The molecule has 0 aliphatic rings. The molecule has 1 aromatic carbocycles. The summed E-state index contributed by atoms with van der Waals surface area (Å²) in [6.45, 7) is 3.44.